The largest absolute Gasteiger partial charge is 0.416 e. The van der Waals surface area contributed by atoms with E-state index in [1.165, 1.54) is 19.1 Å². The number of halogens is 4. The van der Waals surface area contributed by atoms with Crippen LogP contribution in [0.2, 0.25) is 0 Å². The third-order valence-electron chi connectivity index (χ3n) is 2.66. The van der Waals surface area contributed by atoms with Crippen molar-refractivity contribution in [2.45, 2.75) is 13.1 Å². The van der Waals surface area contributed by atoms with Crippen LogP contribution in [0.5, 0.6) is 0 Å². The van der Waals surface area contributed by atoms with E-state index in [1.807, 2.05) is 0 Å². The molecule has 0 spiro atoms. The summed E-state index contributed by atoms with van der Waals surface area (Å²) in [5, 5.41) is 8.90. The Balaban J connectivity index is 3.42. The van der Waals surface area contributed by atoms with Crippen LogP contribution in [0.1, 0.15) is 18.1 Å². The fourth-order valence-electron chi connectivity index (χ4n) is 1.67. The molecule has 0 atom stereocenters. The van der Waals surface area contributed by atoms with Crippen molar-refractivity contribution < 1.29 is 17.6 Å². The molecule has 1 rings (SSSR count). The van der Waals surface area contributed by atoms with Gasteiger partial charge in [-0.05, 0) is 30.2 Å². The molecule has 0 fully saturated rings. The van der Waals surface area contributed by atoms with Crippen molar-refractivity contribution in [1.29, 1.82) is 5.26 Å². The molecule has 20 heavy (non-hydrogen) atoms. The number of hydrogen-bond acceptors (Lipinski definition) is 2. The average molecular weight is 284 g/mol. The molecule has 0 bridgehead atoms. The van der Waals surface area contributed by atoms with Crippen LogP contribution in [-0.4, -0.2) is 12.7 Å². The van der Waals surface area contributed by atoms with Gasteiger partial charge in [0, 0.05) is 6.54 Å². The molecule has 2 nitrogen and oxygen atoms in total. The molecule has 0 amide bonds. The summed E-state index contributed by atoms with van der Waals surface area (Å²) in [4.78, 5) is 0. The molecule has 0 unspecified atom stereocenters. The highest BCUT2D eigenvalue weighted by Crippen LogP contribution is 2.30. The summed E-state index contributed by atoms with van der Waals surface area (Å²) >= 11 is 0. The van der Waals surface area contributed by atoms with Crippen molar-refractivity contribution in [3.8, 4) is 6.07 Å². The SMILES string of the molecule is C/C=C(\C=C(/CN)c1cccc(F)c1C#N)C(F)(F)F. The van der Waals surface area contributed by atoms with Crippen molar-refractivity contribution >= 4 is 5.57 Å². The zero-order valence-electron chi connectivity index (χ0n) is 10.6. The van der Waals surface area contributed by atoms with Gasteiger partial charge in [0.15, 0.2) is 0 Å². The predicted molar refractivity (Wildman–Crippen MR) is 68.0 cm³/mol. The van der Waals surface area contributed by atoms with Gasteiger partial charge in [-0.15, -0.1) is 0 Å². The van der Waals surface area contributed by atoms with E-state index in [9.17, 15) is 17.6 Å². The quantitative estimate of drug-likeness (QED) is 0.681. The molecule has 1 aromatic rings. The number of hydrogen-bond donors (Lipinski definition) is 1. The fourth-order valence-corrected chi connectivity index (χ4v) is 1.67. The fraction of sp³-hybridized carbons (Fsp3) is 0.214. The van der Waals surface area contributed by atoms with E-state index < -0.39 is 17.6 Å². The van der Waals surface area contributed by atoms with Crippen molar-refractivity contribution in [3.63, 3.8) is 0 Å². The Hall–Kier alpha value is -2.13. The predicted octanol–water partition coefficient (Wildman–Crippen LogP) is 3.55. The summed E-state index contributed by atoms with van der Waals surface area (Å²) in [6, 6.07) is 5.38. The summed E-state index contributed by atoms with van der Waals surface area (Å²) < 4.78 is 51.6. The minimum Gasteiger partial charge on any atom is -0.326 e. The van der Waals surface area contributed by atoms with Gasteiger partial charge in [0.05, 0.1) is 11.1 Å². The first-order valence-corrected chi connectivity index (χ1v) is 5.68. The first kappa shape index (κ1) is 15.9. The molecule has 0 aliphatic heterocycles. The van der Waals surface area contributed by atoms with Gasteiger partial charge < -0.3 is 5.73 Å². The molecule has 6 heteroatoms. The maximum absolute atomic E-state index is 13.5. The van der Waals surface area contributed by atoms with Gasteiger partial charge in [0.25, 0.3) is 0 Å². The first-order chi connectivity index (χ1) is 9.35. The smallest absolute Gasteiger partial charge is 0.326 e. The summed E-state index contributed by atoms with van der Waals surface area (Å²) in [7, 11) is 0. The van der Waals surface area contributed by atoms with Gasteiger partial charge in [-0.2, -0.15) is 18.4 Å². The zero-order valence-corrected chi connectivity index (χ0v) is 10.6. The number of alkyl halides is 3. The molecule has 0 radical (unpaired) electrons. The zero-order chi connectivity index (χ0) is 15.3. The Morgan fingerprint density at radius 1 is 1.40 bits per heavy atom. The topological polar surface area (TPSA) is 49.8 Å². The second kappa shape index (κ2) is 6.35. The summed E-state index contributed by atoms with van der Waals surface area (Å²) in [5.41, 5.74) is 4.33. The van der Waals surface area contributed by atoms with Crippen LogP contribution in [0.15, 0.2) is 35.9 Å². The van der Waals surface area contributed by atoms with E-state index in [-0.39, 0.29) is 23.2 Å². The molecule has 2 N–H and O–H groups in total. The van der Waals surface area contributed by atoms with Crippen LogP contribution in [0, 0.1) is 17.1 Å². The Kier molecular flexibility index (Phi) is 5.06. The lowest BCUT2D eigenvalue weighted by atomic mass is 9.97. The molecular formula is C14H12F4N2. The van der Waals surface area contributed by atoms with Crippen LogP contribution in [-0.2, 0) is 0 Å². The second-order valence-corrected chi connectivity index (χ2v) is 3.89. The van der Waals surface area contributed by atoms with E-state index in [1.54, 1.807) is 6.07 Å². The third-order valence-corrected chi connectivity index (χ3v) is 2.66. The van der Waals surface area contributed by atoms with Crippen LogP contribution < -0.4 is 5.73 Å². The van der Waals surface area contributed by atoms with Gasteiger partial charge >= 0.3 is 6.18 Å². The third kappa shape index (κ3) is 3.45. The van der Waals surface area contributed by atoms with Crippen LogP contribution in [0.4, 0.5) is 17.6 Å². The minimum atomic E-state index is -4.53. The van der Waals surface area contributed by atoms with Gasteiger partial charge in [0.1, 0.15) is 11.9 Å². The van der Waals surface area contributed by atoms with E-state index >= 15 is 0 Å². The van der Waals surface area contributed by atoms with Gasteiger partial charge in [0.2, 0.25) is 0 Å². The van der Waals surface area contributed by atoms with Crippen molar-refractivity contribution in [3.05, 3.63) is 52.9 Å². The molecular weight excluding hydrogens is 272 g/mol. The van der Waals surface area contributed by atoms with Crippen LogP contribution >= 0.6 is 0 Å². The lowest BCUT2D eigenvalue weighted by Crippen LogP contribution is -2.12. The lowest BCUT2D eigenvalue weighted by Gasteiger charge is -2.12. The number of nitrogens with two attached hydrogens (primary N) is 1. The van der Waals surface area contributed by atoms with Gasteiger partial charge in [-0.25, -0.2) is 4.39 Å². The van der Waals surface area contributed by atoms with Crippen molar-refractivity contribution in [2.75, 3.05) is 6.54 Å². The molecule has 0 saturated heterocycles. The van der Waals surface area contributed by atoms with Crippen molar-refractivity contribution in [2.24, 2.45) is 5.73 Å². The molecule has 0 aromatic heterocycles. The van der Waals surface area contributed by atoms with Gasteiger partial charge in [-0.1, -0.05) is 18.2 Å². The maximum atomic E-state index is 13.5. The molecule has 0 aliphatic carbocycles. The van der Waals surface area contributed by atoms with E-state index in [0.29, 0.717) is 0 Å². The molecule has 0 aliphatic rings. The number of allylic oxidation sites excluding steroid dienone is 3. The summed E-state index contributed by atoms with van der Waals surface area (Å²) in [5.74, 6) is -0.793. The highest BCUT2D eigenvalue weighted by molar-refractivity contribution is 5.74. The molecule has 106 valence electrons. The Morgan fingerprint density at radius 3 is 2.50 bits per heavy atom. The monoisotopic (exact) mass is 284 g/mol. The highest BCUT2D eigenvalue weighted by Gasteiger charge is 2.31. The standard InChI is InChI=1S/C14H12F4N2/c1-2-10(14(16,17)18)6-9(7-19)11-4-3-5-13(15)12(11)8-20/h2-6H,7,19H2,1H3/b9-6+,10-2+. The summed E-state index contributed by atoms with van der Waals surface area (Å²) in [6.45, 7) is 0.996. The van der Waals surface area contributed by atoms with Crippen LogP contribution in [0.3, 0.4) is 0 Å². The lowest BCUT2D eigenvalue weighted by molar-refractivity contribution is -0.0882. The molecule has 0 heterocycles. The molecule has 0 saturated carbocycles. The Bertz CT molecular complexity index is 592. The Labute approximate surface area is 113 Å². The maximum Gasteiger partial charge on any atom is 0.416 e. The van der Waals surface area contributed by atoms with E-state index in [4.69, 9.17) is 11.0 Å². The normalized spacial score (nSPS) is 13.2. The minimum absolute atomic E-state index is 0.0477. The number of nitrogens with zero attached hydrogens (tertiary/aromatic N) is 1. The average Bonchev–Trinajstić information content (AvgIpc) is 2.38. The Morgan fingerprint density at radius 2 is 2.05 bits per heavy atom. The number of nitriles is 1. The summed E-state index contributed by atoms with van der Waals surface area (Å²) in [6.07, 6.45) is -2.81. The van der Waals surface area contributed by atoms with E-state index in [2.05, 4.69) is 0 Å². The molecule has 1 aromatic carbocycles. The second-order valence-electron chi connectivity index (χ2n) is 3.89. The first-order valence-electron chi connectivity index (χ1n) is 5.68. The van der Waals surface area contributed by atoms with Gasteiger partial charge in [-0.3, -0.25) is 0 Å². The van der Waals surface area contributed by atoms with Crippen LogP contribution in [0.25, 0.3) is 5.57 Å². The number of benzene rings is 1. The van der Waals surface area contributed by atoms with E-state index in [0.717, 1.165) is 18.2 Å². The highest BCUT2D eigenvalue weighted by atomic mass is 19.4. The number of rotatable bonds is 3. The van der Waals surface area contributed by atoms with Crippen molar-refractivity contribution in [1.82, 2.24) is 0 Å².